The zero-order valence-corrected chi connectivity index (χ0v) is 12.4. The van der Waals surface area contributed by atoms with Crippen LogP contribution in [0, 0.1) is 0 Å². The number of aliphatic hydroxyl groups is 1. The maximum absolute atomic E-state index is 12.8. The summed E-state index contributed by atoms with van der Waals surface area (Å²) in [6.07, 6.45) is 2.50. The van der Waals surface area contributed by atoms with Crippen LogP contribution in [0.2, 0.25) is 0 Å². The minimum absolute atomic E-state index is 0.0228. The van der Waals surface area contributed by atoms with Gasteiger partial charge in [0.1, 0.15) is 0 Å². The van der Waals surface area contributed by atoms with E-state index in [4.69, 9.17) is 0 Å². The van der Waals surface area contributed by atoms with Crippen LogP contribution in [0.3, 0.4) is 0 Å². The van der Waals surface area contributed by atoms with Crippen molar-refractivity contribution in [3.63, 3.8) is 0 Å². The second-order valence-electron chi connectivity index (χ2n) is 5.45. The van der Waals surface area contributed by atoms with Crippen molar-refractivity contribution in [2.75, 3.05) is 6.61 Å². The molecule has 2 atom stereocenters. The molecule has 1 aliphatic rings. The van der Waals surface area contributed by atoms with E-state index in [0.29, 0.717) is 6.42 Å². The molecule has 0 saturated carbocycles. The lowest BCUT2D eigenvalue weighted by Crippen LogP contribution is -2.34. The summed E-state index contributed by atoms with van der Waals surface area (Å²) < 4.78 is 0. The van der Waals surface area contributed by atoms with Crippen molar-refractivity contribution in [2.45, 2.75) is 18.5 Å². The second-order valence-corrected chi connectivity index (χ2v) is 5.45. The van der Waals surface area contributed by atoms with Gasteiger partial charge in [0.15, 0.2) is 0 Å². The van der Waals surface area contributed by atoms with Crippen molar-refractivity contribution in [3.8, 4) is 0 Å². The number of hydrogen-bond donors (Lipinski definition) is 1. The number of fused-ring (bicyclic) bond motifs is 1. The SMILES string of the molecule is C=CC[C@@H]1c2ccccc2C(=O)N1[C@@H](CO)c1ccccc1. The van der Waals surface area contributed by atoms with Gasteiger partial charge in [-0.05, 0) is 23.6 Å². The van der Waals surface area contributed by atoms with Gasteiger partial charge in [-0.2, -0.15) is 0 Å². The van der Waals surface area contributed by atoms with Gasteiger partial charge in [0.2, 0.25) is 0 Å². The standard InChI is InChI=1S/C19H19NO2/c1-2-8-17-15-11-6-7-12-16(15)19(22)20(17)18(13-21)14-9-4-3-5-10-14/h2-7,9-12,17-18,21H,1,8,13H2/t17-,18+/m1/s1. The molecule has 3 nitrogen and oxygen atoms in total. The summed E-state index contributed by atoms with van der Waals surface area (Å²) in [5.74, 6) is -0.0228. The summed E-state index contributed by atoms with van der Waals surface area (Å²) in [4.78, 5) is 14.6. The molecule has 2 aromatic rings. The van der Waals surface area contributed by atoms with E-state index >= 15 is 0 Å². The molecule has 1 heterocycles. The Kier molecular flexibility index (Phi) is 4.07. The molecule has 0 spiro atoms. The fourth-order valence-electron chi connectivity index (χ4n) is 3.20. The number of aliphatic hydroxyl groups excluding tert-OH is 1. The van der Waals surface area contributed by atoms with Gasteiger partial charge in [0.25, 0.3) is 5.91 Å². The van der Waals surface area contributed by atoms with E-state index in [1.54, 1.807) is 4.90 Å². The first-order valence-corrected chi connectivity index (χ1v) is 7.46. The maximum atomic E-state index is 12.8. The molecule has 0 fully saturated rings. The minimum atomic E-state index is -0.342. The molecule has 112 valence electrons. The summed E-state index contributed by atoms with van der Waals surface area (Å²) >= 11 is 0. The minimum Gasteiger partial charge on any atom is -0.394 e. The van der Waals surface area contributed by atoms with Crippen LogP contribution in [0.15, 0.2) is 67.3 Å². The zero-order valence-electron chi connectivity index (χ0n) is 12.4. The molecule has 0 aliphatic carbocycles. The fourth-order valence-corrected chi connectivity index (χ4v) is 3.20. The van der Waals surface area contributed by atoms with Crippen LogP contribution < -0.4 is 0 Å². The Morgan fingerprint density at radius 3 is 2.50 bits per heavy atom. The number of rotatable bonds is 5. The predicted octanol–water partition coefficient (Wildman–Crippen LogP) is 3.49. The molecule has 1 N–H and O–H groups in total. The maximum Gasteiger partial charge on any atom is 0.255 e. The third-order valence-electron chi connectivity index (χ3n) is 4.20. The lowest BCUT2D eigenvalue weighted by molar-refractivity contribution is 0.0520. The largest absolute Gasteiger partial charge is 0.394 e. The van der Waals surface area contributed by atoms with Gasteiger partial charge in [-0.15, -0.1) is 6.58 Å². The van der Waals surface area contributed by atoms with E-state index in [9.17, 15) is 9.90 Å². The van der Waals surface area contributed by atoms with Gasteiger partial charge in [-0.25, -0.2) is 0 Å². The average molecular weight is 293 g/mol. The molecular formula is C19H19NO2. The highest BCUT2D eigenvalue weighted by Crippen LogP contribution is 2.41. The Labute approximate surface area is 130 Å². The highest BCUT2D eigenvalue weighted by atomic mass is 16.3. The van der Waals surface area contributed by atoms with Crippen LogP contribution in [-0.2, 0) is 0 Å². The highest BCUT2D eigenvalue weighted by molar-refractivity contribution is 5.99. The molecule has 22 heavy (non-hydrogen) atoms. The molecule has 0 aromatic heterocycles. The number of carbonyl (C=O) groups is 1. The number of hydrogen-bond acceptors (Lipinski definition) is 2. The van der Waals surface area contributed by atoms with E-state index in [2.05, 4.69) is 6.58 Å². The lowest BCUT2D eigenvalue weighted by Gasteiger charge is -2.32. The van der Waals surface area contributed by atoms with Gasteiger partial charge in [0, 0.05) is 5.56 Å². The molecule has 3 rings (SSSR count). The Hall–Kier alpha value is -2.39. The Morgan fingerprint density at radius 1 is 1.14 bits per heavy atom. The summed E-state index contributed by atoms with van der Waals surface area (Å²) in [5.41, 5.74) is 2.69. The first-order valence-electron chi connectivity index (χ1n) is 7.46. The van der Waals surface area contributed by atoms with Crippen molar-refractivity contribution in [1.29, 1.82) is 0 Å². The molecule has 3 heteroatoms. The quantitative estimate of drug-likeness (QED) is 0.857. The monoisotopic (exact) mass is 293 g/mol. The van der Waals surface area contributed by atoms with E-state index in [-0.39, 0.29) is 24.6 Å². The van der Waals surface area contributed by atoms with Crippen molar-refractivity contribution in [2.24, 2.45) is 0 Å². The normalized spacial score (nSPS) is 18.1. The van der Waals surface area contributed by atoms with Gasteiger partial charge in [-0.1, -0.05) is 54.6 Å². The first-order chi connectivity index (χ1) is 10.8. The molecule has 2 aromatic carbocycles. The topological polar surface area (TPSA) is 40.5 Å². The van der Waals surface area contributed by atoms with Crippen molar-refractivity contribution in [3.05, 3.63) is 83.9 Å². The third kappa shape index (κ3) is 2.34. The Balaban J connectivity index is 2.05. The van der Waals surface area contributed by atoms with Gasteiger partial charge in [0.05, 0.1) is 18.7 Å². The van der Waals surface area contributed by atoms with Crippen LogP contribution >= 0.6 is 0 Å². The van der Waals surface area contributed by atoms with Crippen molar-refractivity contribution >= 4 is 5.91 Å². The van der Waals surface area contributed by atoms with E-state index < -0.39 is 0 Å². The number of nitrogens with zero attached hydrogens (tertiary/aromatic N) is 1. The average Bonchev–Trinajstić information content (AvgIpc) is 2.84. The summed E-state index contributed by atoms with van der Waals surface area (Å²) in [7, 11) is 0. The lowest BCUT2D eigenvalue weighted by atomic mass is 10.0. The summed E-state index contributed by atoms with van der Waals surface area (Å²) in [6.45, 7) is 3.71. The molecule has 0 bridgehead atoms. The molecule has 0 unspecified atom stereocenters. The molecule has 0 saturated heterocycles. The summed E-state index contributed by atoms with van der Waals surface area (Å²) in [5, 5.41) is 9.90. The smallest absolute Gasteiger partial charge is 0.255 e. The summed E-state index contributed by atoms with van der Waals surface area (Å²) in [6, 6.07) is 16.9. The fraction of sp³-hybridized carbons (Fsp3) is 0.211. The second kappa shape index (κ2) is 6.16. The van der Waals surface area contributed by atoms with Crippen LogP contribution in [0.4, 0.5) is 0 Å². The first kappa shape index (κ1) is 14.5. The van der Waals surface area contributed by atoms with Crippen LogP contribution in [0.1, 0.15) is 40.0 Å². The Bertz CT molecular complexity index is 681. The van der Waals surface area contributed by atoms with Gasteiger partial charge < -0.3 is 10.0 Å². The molecule has 1 amide bonds. The van der Waals surface area contributed by atoms with Gasteiger partial charge >= 0.3 is 0 Å². The van der Waals surface area contributed by atoms with E-state index in [1.165, 1.54) is 0 Å². The van der Waals surface area contributed by atoms with Crippen molar-refractivity contribution < 1.29 is 9.90 Å². The van der Waals surface area contributed by atoms with Crippen LogP contribution in [0.25, 0.3) is 0 Å². The molecule has 0 radical (unpaired) electrons. The highest BCUT2D eigenvalue weighted by Gasteiger charge is 2.39. The Morgan fingerprint density at radius 2 is 1.82 bits per heavy atom. The predicted molar refractivity (Wildman–Crippen MR) is 86.4 cm³/mol. The van der Waals surface area contributed by atoms with Crippen LogP contribution in [-0.4, -0.2) is 22.5 Å². The van der Waals surface area contributed by atoms with Gasteiger partial charge in [-0.3, -0.25) is 4.79 Å². The number of carbonyl (C=O) groups excluding carboxylic acids is 1. The molecule has 1 aliphatic heterocycles. The van der Waals surface area contributed by atoms with E-state index in [1.807, 2.05) is 60.7 Å². The molecular weight excluding hydrogens is 274 g/mol. The number of benzene rings is 2. The number of amides is 1. The zero-order chi connectivity index (χ0) is 15.5. The van der Waals surface area contributed by atoms with E-state index in [0.717, 1.165) is 16.7 Å². The van der Waals surface area contributed by atoms with Crippen molar-refractivity contribution in [1.82, 2.24) is 4.90 Å². The van der Waals surface area contributed by atoms with Crippen LogP contribution in [0.5, 0.6) is 0 Å². The third-order valence-corrected chi connectivity index (χ3v) is 4.20.